The molecule has 2 aromatic carbocycles. The van der Waals surface area contributed by atoms with Crippen molar-refractivity contribution in [3.63, 3.8) is 0 Å². The number of hydrogen-bond acceptors (Lipinski definition) is 6. The number of nitrogens with one attached hydrogen (secondary N) is 1. The molecule has 1 aliphatic heterocycles. The molecule has 0 saturated heterocycles. The van der Waals surface area contributed by atoms with Crippen LogP contribution in [0.25, 0.3) is 0 Å². The number of benzene rings is 2. The predicted octanol–water partition coefficient (Wildman–Crippen LogP) is 2.95. The van der Waals surface area contributed by atoms with Gasteiger partial charge in [-0.05, 0) is 37.1 Å². The molecule has 0 saturated carbocycles. The average Bonchev–Trinajstić information content (AvgIpc) is 3.11. The highest BCUT2D eigenvalue weighted by Crippen LogP contribution is 2.38. The molecule has 154 valence electrons. The van der Waals surface area contributed by atoms with Crippen molar-refractivity contribution in [2.24, 2.45) is 5.73 Å². The zero-order valence-electron chi connectivity index (χ0n) is 17.0. The quantitative estimate of drug-likeness (QED) is 0.653. The summed E-state index contributed by atoms with van der Waals surface area (Å²) in [6.07, 6.45) is 0. The van der Waals surface area contributed by atoms with Crippen molar-refractivity contribution in [1.82, 2.24) is 14.8 Å². The Bertz CT molecular complexity index is 1120. The fourth-order valence-electron chi connectivity index (χ4n) is 3.60. The number of carbonyl (C=O) groups is 1. The number of rotatable bonds is 6. The fraction of sp³-hybridized carbons (Fsp3) is 0.227. The summed E-state index contributed by atoms with van der Waals surface area (Å²) in [4.78, 5) is 16.7. The van der Waals surface area contributed by atoms with Crippen LogP contribution in [-0.2, 0) is 11.4 Å². The third-order valence-electron chi connectivity index (χ3n) is 4.96. The lowest BCUT2D eigenvalue weighted by Crippen LogP contribution is -2.31. The van der Waals surface area contributed by atoms with Gasteiger partial charge in [-0.25, -0.2) is 4.68 Å². The van der Waals surface area contributed by atoms with E-state index in [1.807, 2.05) is 48.5 Å². The van der Waals surface area contributed by atoms with E-state index in [1.165, 1.54) is 0 Å². The molecule has 1 amide bonds. The molecule has 4 rings (SSSR count). The molecule has 1 aliphatic rings. The maximum atomic E-state index is 12.3. The lowest BCUT2D eigenvalue weighted by Gasteiger charge is -2.28. The number of allylic oxidation sites excluding steroid dienone is 1. The normalized spacial score (nSPS) is 15.4. The summed E-state index contributed by atoms with van der Waals surface area (Å²) in [6.45, 7) is 3.99. The number of anilines is 1. The first kappa shape index (κ1) is 19.5. The van der Waals surface area contributed by atoms with E-state index in [0.717, 1.165) is 11.1 Å². The Morgan fingerprint density at radius 1 is 1.17 bits per heavy atom. The minimum absolute atomic E-state index is 0.387. The van der Waals surface area contributed by atoms with Gasteiger partial charge in [-0.15, -0.1) is 0 Å². The summed E-state index contributed by atoms with van der Waals surface area (Å²) >= 11 is 0. The van der Waals surface area contributed by atoms with E-state index in [2.05, 4.69) is 15.4 Å². The van der Waals surface area contributed by atoms with Crippen LogP contribution in [0.2, 0.25) is 0 Å². The van der Waals surface area contributed by atoms with Crippen molar-refractivity contribution in [1.29, 1.82) is 0 Å². The maximum Gasteiger partial charge on any atom is 0.248 e. The molecule has 0 unspecified atom stereocenters. The van der Waals surface area contributed by atoms with E-state index in [4.69, 9.17) is 15.2 Å². The van der Waals surface area contributed by atoms with Gasteiger partial charge in [0.1, 0.15) is 18.5 Å². The number of nitrogens with zero attached hydrogens (tertiary/aromatic N) is 3. The molecule has 0 bridgehead atoms. The standard InChI is InChI=1S/C22H23N5O3/c1-13-19(21(23)28)20(27-22(24-13)25-14(2)26-27)16-9-10-17(29-3)18(11-16)30-12-15-7-5-4-6-8-15/h4-11,20H,12H2,1-3H3,(H2,23,28)(H,24,25,26)/t20-/m0/s1. The Hall–Kier alpha value is -3.81. The maximum absolute atomic E-state index is 12.3. The van der Waals surface area contributed by atoms with Crippen molar-refractivity contribution >= 4 is 11.9 Å². The number of aryl methyl sites for hydroxylation is 1. The van der Waals surface area contributed by atoms with Crippen LogP contribution in [0.3, 0.4) is 0 Å². The molecule has 1 aromatic heterocycles. The van der Waals surface area contributed by atoms with Crippen molar-refractivity contribution in [3.05, 3.63) is 76.8 Å². The van der Waals surface area contributed by atoms with E-state index in [9.17, 15) is 4.79 Å². The Morgan fingerprint density at radius 2 is 1.93 bits per heavy atom. The van der Waals surface area contributed by atoms with Crippen molar-refractivity contribution in [3.8, 4) is 11.5 Å². The molecule has 8 heteroatoms. The van der Waals surface area contributed by atoms with Gasteiger partial charge in [0, 0.05) is 5.70 Å². The number of ether oxygens (including phenoxy) is 2. The predicted molar refractivity (Wildman–Crippen MR) is 112 cm³/mol. The highest BCUT2D eigenvalue weighted by molar-refractivity contribution is 5.95. The van der Waals surface area contributed by atoms with Crippen molar-refractivity contribution in [2.45, 2.75) is 26.5 Å². The molecule has 0 fully saturated rings. The summed E-state index contributed by atoms with van der Waals surface area (Å²) in [5.41, 5.74) is 8.62. The Labute approximate surface area is 174 Å². The van der Waals surface area contributed by atoms with Gasteiger partial charge in [0.25, 0.3) is 0 Å². The number of aromatic nitrogens is 3. The van der Waals surface area contributed by atoms with Gasteiger partial charge in [-0.2, -0.15) is 10.1 Å². The van der Waals surface area contributed by atoms with Crippen LogP contribution in [-0.4, -0.2) is 27.8 Å². The molecule has 30 heavy (non-hydrogen) atoms. The lowest BCUT2D eigenvalue weighted by atomic mass is 9.95. The number of methoxy groups -OCH3 is 1. The van der Waals surface area contributed by atoms with Crippen molar-refractivity contribution < 1.29 is 14.3 Å². The first-order valence-corrected chi connectivity index (χ1v) is 9.53. The van der Waals surface area contributed by atoms with Gasteiger partial charge < -0.3 is 20.5 Å². The molecule has 0 spiro atoms. The van der Waals surface area contributed by atoms with Crippen LogP contribution in [0, 0.1) is 6.92 Å². The lowest BCUT2D eigenvalue weighted by molar-refractivity contribution is -0.115. The minimum atomic E-state index is -0.523. The van der Waals surface area contributed by atoms with Crippen LogP contribution < -0.4 is 20.5 Å². The summed E-state index contributed by atoms with van der Waals surface area (Å²) in [5, 5.41) is 7.58. The minimum Gasteiger partial charge on any atom is -0.493 e. The summed E-state index contributed by atoms with van der Waals surface area (Å²) in [5.74, 6) is 1.79. The van der Waals surface area contributed by atoms with Crippen LogP contribution in [0.4, 0.5) is 5.95 Å². The molecule has 1 atom stereocenters. The Morgan fingerprint density at radius 3 is 2.63 bits per heavy atom. The Balaban J connectivity index is 1.76. The van der Waals surface area contributed by atoms with Crippen LogP contribution in [0.5, 0.6) is 11.5 Å². The zero-order valence-corrected chi connectivity index (χ0v) is 17.0. The molecule has 3 aromatic rings. The summed E-state index contributed by atoms with van der Waals surface area (Å²) in [7, 11) is 1.59. The monoisotopic (exact) mass is 405 g/mol. The van der Waals surface area contributed by atoms with Gasteiger partial charge in [0.2, 0.25) is 11.9 Å². The topological polar surface area (TPSA) is 104 Å². The second-order valence-electron chi connectivity index (χ2n) is 7.04. The number of fused-ring (bicyclic) bond motifs is 1. The molecule has 0 radical (unpaired) electrons. The SMILES string of the molecule is COc1ccc([C@H]2C(C(N)=O)=C(C)Nc3nc(C)nn32)cc1OCc1ccccc1. The first-order valence-electron chi connectivity index (χ1n) is 9.53. The number of nitrogens with two attached hydrogens (primary N) is 1. The largest absolute Gasteiger partial charge is 0.493 e. The smallest absolute Gasteiger partial charge is 0.248 e. The van der Waals surface area contributed by atoms with Crippen molar-refractivity contribution in [2.75, 3.05) is 12.4 Å². The highest BCUT2D eigenvalue weighted by atomic mass is 16.5. The average molecular weight is 405 g/mol. The third kappa shape index (κ3) is 3.59. The second kappa shape index (κ2) is 7.90. The van der Waals surface area contributed by atoms with E-state index < -0.39 is 11.9 Å². The number of amides is 1. The van der Waals surface area contributed by atoms with Gasteiger partial charge in [-0.1, -0.05) is 36.4 Å². The Kier molecular flexibility index (Phi) is 5.14. The van der Waals surface area contributed by atoms with E-state index in [0.29, 0.717) is 41.1 Å². The van der Waals surface area contributed by atoms with E-state index in [-0.39, 0.29) is 0 Å². The molecule has 2 heterocycles. The summed E-state index contributed by atoms with van der Waals surface area (Å²) < 4.78 is 13.2. The van der Waals surface area contributed by atoms with E-state index >= 15 is 0 Å². The van der Waals surface area contributed by atoms with Gasteiger partial charge in [-0.3, -0.25) is 4.79 Å². The molecule has 3 N–H and O–H groups in total. The van der Waals surface area contributed by atoms with Gasteiger partial charge in [0.05, 0.1) is 12.7 Å². The zero-order chi connectivity index (χ0) is 21.3. The molecular weight excluding hydrogens is 382 g/mol. The highest BCUT2D eigenvalue weighted by Gasteiger charge is 2.33. The number of carbonyl (C=O) groups excluding carboxylic acids is 1. The number of primary amides is 1. The second-order valence-corrected chi connectivity index (χ2v) is 7.04. The van der Waals surface area contributed by atoms with Gasteiger partial charge in [0.15, 0.2) is 11.5 Å². The van der Waals surface area contributed by atoms with Crippen LogP contribution in [0.1, 0.15) is 29.9 Å². The first-order chi connectivity index (χ1) is 14.5. The molecule has 0 aliphatic carbocycles. The summed E-state index contributed by atoms with van der Waals surface area (Å²) in [6, 6.07) is 14.9. The van der Waals surface area contributed by atoms with Gasteiger partial charge >= 0.3 is 0 Å². The molecule has 8 nitrogen and oxygen atoms in total. The van der Waals surface area contributed by atoms with Crippen LogP contribution >= 0.6 is 0 Å². The number of hydrogen-bond donors (Lipinski definition) is 2. The van der Waals surface area contributed by atoms with E-state index in [1.54, 1.807) is 25.6 Å². The third-order valence-corrected chi connectivity index (χ3v) is 4.96. The fourth-order valence-corrected chi connectivity index (χ4v) is 3.60. The molecular formula is C22H23N5O3. The van der Waals surface area contributed by atoms with Crippen LogP contribution in [0.15, 0.2) is 59.8 Å².